The summed E-state index contributed by atoms with van der Waals surface area (Å²) in [6.07, 6.45) is 4.03. The monoisotopic (exact) mass is 474 g/mol. The maximum Gasteiger partial charge on any atom is 0.0696 e. The van der Waals surface area contributed by atoms with Crippen molar-refractivity contribution >= 4 is 0 Å². The van der Waals surface area contributed by atoms with Crippen LogP contribution < -0.4 is 11.7 Å². The van der Waals surface area contributed by atoms with Gasteiger partial charge in [0, 0.05) is 34.6 Å². The lowest BCUT2D eigenvalue weighted by Gasteiger charge is -2.09. The first-order valence-corrected chi connectivity index (χ1v) is 12.3. The zero-order valence-corrected chi connectivity index (χ0v) is 22.0. The van der Waals surface area contributed by atoms with Crippen LogP contribution in [0.2, 0.25) is 0 Å². The Balaban J connectivity index is 1.56. The van der Waals surface area contributed by atoms with Crippen LogP contribution in [0.4, 0.5) is 0 Å². The molecule has 4 nitrogen and oxygen atoms in total. The normalized spacial score (nSPS) is 11.3. The molecule has 5 aromatic rings. The van der Waals surface area contributed by atoms with Gasteiger partial charge in [0.1, 0.15) is 0 Å². The standard InChI is InChI=1S/C32H34N4/c1-19-10-21(3)31(22(4)11-19)27-15-29(35(33)17-27)25-8-7-9-26(14-25)30-16-28(18-36(30)34)32-23(5)12-20(2)13-24(32)6/h7-18H,33-34H2,1-6H3. The van der Waals surface area contributed by atoms with Gasteiger partial charge in [-0.3, -0.25) is 9.35 Å². The third-order valence-electron chi connectivity index (χ3n) is 7.08. The fourth-order valence-corrected chi connectivity index (χ4v) is 5.80. The molecule has 0 radical (unpaired) electrons. The van der Waals surface area contributed by atoms with E-state index in [9.17, 15) is 0 Å². The maximum atomic E-state index is 6.47. The molecular formula is C32H34N4. The van der Waals surface area contributed by atoms with E-state index in [1.807, 2.05) is 12.4 Å². The van der Waals surface area contributed by atoms with Gasteiger partial charge in [0.2, 0.25) is 0 Å². The van der Waals surface area contributed by atoms with E-state index in [1.54, 1.807) is 9.35 Å². The van der Waals surface area contributed by atoms with Crippen molar-refractivity contribution in [1.82, 2.24) is 9.35 Å². The maximum absolute atomic E-state index is 6.47. The van der Waals surface area contributed by atoms with Crippen LogP contribution in [0.15, 0.2) is 73.1 Å². The molecule has 182 valence electrons. The quantitative estimate of drug-likeness (QED) is 0.270. The molecule has 4 N–H and O–H groups in total. The first kappa shape index (κ1) is 23.6. The van der Waals surface area contributed by atoms with E-state index < -0.39 is 0 Å². The second-order valence-corrected chi connectivity index (χ2v) is 10.2. The minimum Gasteiger partial charge on any atom is -0.339 e. The summed E-state index contributed by atoms with van der Waals surface area (Å²) in [5.41, 5.74) is 16.3. The molecule has 0 unspecified atom stereocenters. The van der Waals surface area contributed by atoms with Gasteiger partial charge >= 0.3 is 0 Å². The Morgan fingerprint density at radius 1 is 0.472 bits per heavy atom. The Hall–Kier alpha value is -4.18. The van der Waals surface area contributed by atoms with Gasteiger partial charge < -0.3 is 11.7 Å². The number of aromatic nitrogens is 2. The third kappa shape index (κ3) is 4.09. The molecule has 2 heterocycles. The van der Waals surface area contributed by atoms with Gasteiger partial charge in [0.25, 0.3) is 0 Å². The molecular weight excluding hydrogens is 440 g/mol. The number of benzene rings is 3. The van der Waals surface area contributed by atoms with Crippen LogP contribution in [0.25, 0.3) is 44.8 Å². The lowest BCUT2D eigenvalue weighted by molar-refractivity contribution is 1.02. The molecule has 2 aromatic heterocycles. The summed E-state index contributed by atoms with van der Waals surface area (Å²) < 4.78 is 3.44. The van der Waals surface area contributed by atoms with E-state index in [2.05, 4.69) is 102 Å². The van der Waals surface area contributed by atoms with Gasteiger partial charge in [0.15, 0.2) is 0 Å². The molecule has 0 bridgehead atoms. The summed E-state index contributed by atoms with van der Waals surface area (Å²) in [5, 5.41) is 0. The van der Waals surface area contributed by atoms with E-state index in [0.29, 0.717) is 0 Å². The minimum absolute atomic E-state index is 0.965. The molecule has 0 aliphatic heterocycles. The molecule has 5 rings (SSSR count). The van der Waals surface area contributed by atoms with Crippen LogP contribution in [0.5, 0.6) is 0 Å². The van der Waals surface area contributed by atoms with Crippen molar-refractivity contribution in [1.29, 1.82) is 0 Å². The van der Waals surface area contributed by atoms with Crippen molar-refractivity contribution in [3.63, 3.8) is 0 Å². The van der Waals surface area contributed by atoms with E-state index in [4.69, 9.17) is 11.7 Å². The molecule has 0 fully saturated rings. The lowest BCUT2D eigenvalue weighted by Crippen LogP contribution is -2.08. The molecule has 0 saturated heterocycles. The molecule has 0 aliphatic rings. The Morgan fingerprint density at radius 3 is 1.19 bits per heavy atom. The fourth-order valence-electron chi connectivity index (χ4n) is 5.80. The van der Waals surface area contributed by atoms with Crippen LogP contribution in [0.1, 0.15) is 33.4 Å². The summed E-state index contributed by atoms with van der Waals surface area (Å²) in [4.78, 5) is 0. The zero-order chi connectivity index (χ0) is 25.7. The molecule has 0 amide bonds. The van der Waals surface area contributed by atoms with Gasteiger partial charge in [-0.2, -0.15) is 0 Å². The minimum atomic E-state index is 0.965. The Labute approximate surface area is 213 Å². The molecule has 36 heavy (non-hydrogen) atoms. The number of hydrogen-bond acceptors (Lipinski definition) is 2. The molecule has 4 heteroatoms. The van der Waals surface area contributed by atoms with Crippen LogP contribution >= 0.6 is 0 Å². The number of rotatable bonds is 4. The van der Waals surface area contributed by atoms with Crippen molar-refractivity contribution < 1.29 is 0 Å². The highest BCUT2D eigenvalue weighted by atomic mass is 15.3. The largest absolute Gasteiger partial charge is 0.339 e. The SMILES string of the molecule is Cc1cc(C)c(-c2cc(-c3cccc(-c4cc(-c5c(C)cc(C)cc5C)cn4N)c3)n(N)c2)c(C)c1. The third-order valence-corrected chi connectivity index (χ3v) is 7.08. The Morgan fingerprint density at radius 2 is 0.833 bits per heavy atom. The Kier molecular flexibility index (Phi) is 5.76. The topological polar surface area (TPSA) is 61.9 Å². The summed E-state index contributed by atoms with van der Waals surface area (Å²) in [6.45, 7) is 12.9. The number of nitrogen functional groups attached to an aromatic ring is 2. The molecule has 0 atom stereocenters. The molecule has 0 saturated carbocycles. The predicted molar refractivity (Wildman–Crippen MR) is 153 cm³/mol. The van der Waals surface area contributed by atoms with Gasteiger partial charge in [0.05, 0.1) is 11.4 Å². The van der Waals surface area contributed by atoms with Crippen molar-refractivity contribution in [3.8, 4) is 44.8 Å². The van der Waals surface area contributed by atoms with E-state index in [0.717, 1.165) is 33.6 Å². The van der Waals surface area contributed by atoms with E-state index in [-0.39, 0.29) is 0 Å². The summed E-state index contributed by atoms with van der Waals surface area (Å²) >= 11 is 0. The van der Waals surface area contributed by atoms with Crippen molar-refractivity contribution in [2.24, 2.45) is 0 Å². The van der Waals surface area contributed by atoms with Gasteiger partial charge in [-0.1, -0.05) is 53.6 Å². The zero-order valence-electron chi connectivity index (χ0n) is 22.0. The number of aryl methyl sites for hydroxylation is 6. The predicted octanol–water partition coefficient (Wildman–Crippen LogP) is 7.24. The highest BCUT2D eigenvalue weighted by Gasteiger charge is 2.15. The first-order valence-electron chi connectivity index (χ1n) is 12.3. The van der Waals surface area contributed by atoms with Crippen molar-refractivity contribution in [2.45, 2.75) is 41.5 Å². The number of nitrogens with two attached hydrogens (primary N) is 2. The second-order valence-electron chi connectivity index (χ2n) is 10.2. The molecule has 0 spiro atoms. The van der Waals surface area contributed by atoms with Crippen LogP contribution in [0.3, 0.4) is 0 Å². The second kappa shape index (κ2) is 8.80. The van der Waals surface area contributed by atoms with Crippen molar-refractivity contribution in [3.05, 3.63) is 106 Å². The van der Waals surface area contributed by atoms with Crippen LogP contribution in [-0.2, 0) is 0 Å². The summed E-state index contributed by atoms with van der Waals surface area (Å²) in [7, 11) is 0. The number of hydrogen-bond donors (Lipinski definition) is 2. The summed E-state index contributed by atoms with van der Waals surface area (Å²) in [6, 6.07) is 21.7. The summed E-state index contributed by atoms with van der Waals surface area (Å²) in [5.74, 6) is 12.9. The van der Waals surface area contributed by atoms with Crippen LogP contribution in [-0.4, -0.2) is 9.35 Å². The molecule has 0 aliphatic carbocycles. The molecule has 3 aromatic carbocycles. The smallest absolute Gasteiger partial charge is 0.0696 e. The van der Waals surface area contributed by atoms with Gasteiger partial charge in [-0.25, -0.2) is 0 Å². The lowest BCUT2D eigenvalue weighted by atomic mass is 9.94. The average molecular weight is 475 g/mol. The highest BCUT2D eigenvalue weighted by Crippen LogP contribution is 2.36. The number of nitrogens with zero attached hydrogens (tertiary/aromatic N) is 2. The van der Waals surface area contributed by atoms with Crippen LogP contribution in [0, 0.1) is 41.5 Å². The highest BCUT2D eigenvalue weighted by molar-refractivity contribution is 5.80. The first-order chi connectivity index (χ1) is 17.1. The fraction of sp³-hybridized carbons (Fsp3) is 0.188. The van der Waals surface area contributed by atoms with Gasteiger partial charge in [-0.05, 0) is 93.1 Å². The van der Waals surface area contributed by atoms with Crippen molar-refractivity contribution in [2.75, 3.05) is 11.7 Å². The Bertz CT molecular complexity index is 1450. The van der Waals surface area contributed by atoms with E-state index in [1.165, 1.54) is 44.5 Å². The van der Waals surface area contributed by atoms with E-state index >= 15 is 0 Å². The average Bonchev–Trinajstić information content (AvgIpc) is 3.35. The van der Waals surface area contributed by atoms with Gasteiger partial charge in [-0.15, -0.1) is 0 Å².